The van der Waals surface area contributed by atoms with Crippen molar-refractivity contribution in [3.8, 4) is 11.4 Å². The van der Waals surface area contributed by atoms with Crippen molar-refractivity contribution in [2.24, 2.45) is 0 Å². The average Bonchev–Trinajstić information content (AvgIpc) is 3.19. The molecular formula is C20H14F3N3S. The Balaban J connectivity index is 1.72. The summed E-state index contributed by atoms with van der Waals surface area (Å²) in [7, 11) is 0. The van der Waals surface area contributed by atoms with Crippen LogP contribution >= 0.6 is 11.3 Å². The van der Waals surface area contributed by atoms with Crippen LogP contribution in [0.3, 0.4) is 0 Å². The number of nitrogens with zero attached hydrogens (tertiary/aromatic N) is 2. The van der Waals surface area contributed by atoms with Gasteiger partial charge in [-0.1, -0.05) is 30.3 Å². The van der Waals surface area contributed by atoms with Gasteiger partial charge in [-0.05, 0) is 29.6 Å². The number of aromatic nitrogens is 2. The maximum absolute atomic E-state index is 13.3. The molecule has 4 aromatic rings. The molecular weight excluding hydrogens is 371 g/mol. The highest BCUT2D eigenvalue weighted by Crippen LogP contribution is 2.36. The normalized spacial score (nSPS) is 11.7. The van der Waals surface area contributed by atoms with Crippen molar-refractivity contribution in [3.63, 3.8) is 0 Å². The zero-order valence-corrected chi connectivity index (χ0v) is 14.8. The molecule has 0 radical (unpaired) electrons. The number of hydrogen-bond donors (Lipinski definition) is 1. The molecule has 0 spiro atoms. The summed E-state index contributed by atoms with van der Waals surface area (Å²) in [5.74, 6) is 0.0610. The van der Waals surface area contributed by atoms with Crippen molar-refractivity contribution < 1.29 is 13.2 Å². The quantitative estimate of drug-likeness (QED) is 0.469. The molecule has 136 valence electrons. The summed E-state index contributed by atoms with van der Waals surface area (Å²) in [5, 5.41) is 6.11. The van der Waals surface area contributed by atoms with Gasteiger partial charge in [-0.3, -0.25) is 0 Å². The van der Waals surface area contributed by atoms with Crippen LogP contribution < -0.4 is 5.32 Å². The van der Waals surface area contributed by atoms with Gasteiger partial charge in [-0.15, -0.1) is 11.3 Å². The number of alkyl halides is 3. The Morgan fingerprint density at radius 3 is 2.59 bits per heavy atom. The largest absolute Gasteiger partial charge is 0.417 e. The fourth-order valence-electron chi connectivity index (χ4n) is 2.86. The summed E-state index contributed by atoms with van der Waals surface area (Å²) in [6.07, 6.45) is -2.89. The third-order valence-electron chi connectivity index (χ3n) is 4.13. The lowest BCUT2D eigenvalue weighted by Crippen LogP contribution is -2.08. The van der Waals surface area contributed by atoms with E-state index in [1.54, 1.807) is 29.7 Å². The molecule has 0 unspecified atom stereocenters. The highest BCUT2D eigenvalue weighted by Gasteiger charge is 2.34. The highest BCUT2D eigenvalue weighted by atomic mass is 32.1. The van der Waals surface area contributed by atoms with Crippen LogP contribution in [0.5, 0.6) is 0 Å². The Morgan fingerprint density at radius 1 is 0.963 bits per heavy atom. The summed E-state index contributed by atoms with van der Waals surface area (Å²) >= 11 is 1.65. The first-order valence-electron chi connectivity index (χ1n) is 8.21. The minimum Gasteiger partial charge on any atom is -0.380 e. The molecule has 0 aliphatic carbocycles. The van der Waals surface area contributed by atoms with Crippen molar-refractivity contribution in [2.45, 2.75) is 12.7 Å². The van der Waals surface area contributed by atoms with E-state index in [1.165, 1.54) is 17.0 Å². The van der Waals surface area contributed by atoms with Gasteiger partial charge in [0.1, 0.15) is 0 Å². The predicted molar refractivity (Wildman–Crippen MR) is 102 cm³/mol. The first-order valence-corrected chi connectivity index (χ1v) is 9.09. The summed E-state index contributed by atoms with van der Waals surface area (Å²) in [6.45, 7) is 0.662. The number of anilines is 1. The van der Waals surface area contributed by atoms with Crippen molar-refractivity contribution in [1.29, 1.82) is 0 Å². The van der Waals surface area contributed by atoms with E-state index < -0.39 is 11.7 Å². The third kappa shape index (κ3) is 3.64. The SMILES string of the molecule is FC(F)(F)c1ccccc1-c1ncc2c(NCc3cccs3)cccc2n1. The number of hydrogen-bond acceptors (Lipinski definition) is 4. The Bertz CT molecular complexity index is 1080. The zero-order valence-electron chi connectivity index (χ0n) is 14.0. The van der Waals surface area contributed by atoms with E-state index in [1.807, 2.05) is 29.6 Å². The third-order valence-corrected chi connectivity index (χ3v) is 5.01. The summed E-state index contributed by atoms with van der Waals surface area (Å²) in [5.41, 5.74) is 0.671. The molecule has 0 bridgehead atoms. The monoisotopic (exact) mass is 385 g/mol. The van der Waals surface area contributed by atoms with Gasteiger partial charge in [0.05, 0.1) is 11.1 Å². The molecule has 3 nitrogen and oxygen atoms in total. The van der Waals surface area contributed by atoms with Gasteiger partial charge >= 0.3 is 6.18 Å². The second-order valence-electron chi connectivity index (χ2n) is 5.91. The number of fused-ring (bicyclic) bond motifs is 1. The zero-order chi connectivity index (χ0) is 18.9. The van der Waals surface area contributed by atoms with Crippen LogP contribution in [0.4, 0.5) is 18.9 Å². The summed E-state index contributed by atoms with van der Waals surface area (Å²) in [6, 6.07) is 14.9. The predicted octanol–water partition coefficient (Wildman–Crippen LogP) is 5.99. The molecule has 2 heterocycles. The van der Waals surface area contributed by atoms with Crippen LogP contribution in [0.25, 0.3) is 22.3 Å². The topological polar surface area (TPSA) is 37.8 Å². The molecule has 0 amide bonds. The van der Waals surface area contributed by atoms with Crippen molar-refractivity contribution in [1.82, 2.24) is 9.97 Å². The van der Waals surface area contributed by atoms with E-state index >= 15 is 0 Å². The highest BCUT2D eigenvalue weighted by molar-refractivity contribution is 7.09. The van der Waals surface area contributed by atoms with E-state index in [0.29, 0.717) is 12.1 Å². The van der Waals surface area contributed by atoms with Gasteiger partial charge in [-0.2, -0.15) is 13.2 Å². The van der Waals surface area contributed by atoms with Gasteiger partial charge in [0.15, 0.2) is 5.82 Å². The number of rotatable bonds is 4. The smallest absolute Gasteiger partial charge is 0.380 e. The molecule has 4 rings (SSSR count). The van der Waals surface area contributed by atoms with Crippen LogP contribution in [-0.2, 0) is 12.7 Å². The fraction of sp³-hybridized carbons (Fsp3) is 0.100. The molecule has 7 heteroatoms. The molecule has 27 heavy (non-hydrogen) atoms. The second-order valence-corrected chi connectivity index (χ2v) is 6.94. The van der Waals surface area contributed by atoms with E-state index in [4.69, 9.17) is 0 Å². The maximum atomic E-state index is 13.3. The van der Waals surface area contributed by atoms with E-state index in [2.05, 4.69) is 15.3 Å². The van der Waals surface area contributed by atoms with Gasteiger partial charge < -0.3 is 5.32 Å². The number of nitrogens with one attached hydrogen (secondary N) is 1. The molecule has 2 aromatic heterocycles. The minimum absolute atomic E-state index is 0.0242. The minimum atomic E-state index is -4.46. The fourth-order valence-corrected chi connectivity index (χ4v) is 3.50. The second kappa shape index (κ2) is 7.00. The number of halogens is 3. The Hall–Kier alpha value is -2.93. The van der Waals surface area contributed by atoms with Crippen molar-refractivity contribution in [2.75, 3.05) is 5.32 Å². The van der Waals surface area contributed by atoms with Gasteiger partial charge in [0.2, 0.25) is 0 Å². The molecule has 0 saturated carbocycles. The maximum Gasteiger partial charge on any atom is 0.417 e. The lowest BCUT2D eigenvalue weighted by molar-refractivity contribution is -0.137. The Morgan fingerprint density at radius 2 is 1.81 bits per heavy atom. The number of benzene rings is 2. The van der Waals surface area contributed by atoms with E-state index in [-0.39, 0.29) is 11.4 Å². The molecule has 0 atom stereocenters. The lowest BCUT2D eigenvalue weighted by Gasteiger charge is -2.13. The van der Waals surface area contributed by atoms with Crippen molar-refractivity contribution >= 4 is 27.9 Å². The van der Waals surface area contributed by atoms with Crippen LogP contribution in [0.2, 0.25) is 0 Å². The molecule has 0 aliphatic heterocycles. The average molecular weight is 385 g/mol. The Labute approximate surface area is 157 Å². The molecule has 0 aliphatic rings. The van der Waals surface area contributed by atoms with Gasteiger partial charge in [0.25, 0.3) is 0 Å². The first kappa shape index (κ1) is 17.5. The first-order chi connectivity index (χ1) is 13.0. The Kier molecular flexibility index (Phi) is 4.53. The van der Waals surface area contributed by atoms with Crippen LogP contribution in [-0.4, -0.2) is 9.97 Å². The molecule has 1 N–H and O–H groups in total. The summed E-state index contributed by atoms with van der Waals surface area (Å²) < 4.78 is 39.8. The van der Waals surface area contributed by atoms with Crippen molar-refractivity contribution in [3.05, 3.63) is 76.6 Å². The molecule has 2 aromatic carbocycles. The summed E-state index contributed by atoms with van der Waals surface area (Å²) in [4.78, 5) is 9.77. The lowest BCUT2D eigenvalue weighted by atomic mass is 10.1. The van der Waals surface area contributed by atoms with Crippen LogP contribution in [0, 0.1) is 0 Å². The standard InChI is InChI=1S/C20H14F3N3S/c21-20(22,23)16-7-2-1-6-14(16)19-25-12-15-17(8-3-9-18(15)26-19)24-11-13-5-4-10-27-13/h1-10,12,24H,11H2. The number of thiophene rings is 1. The van der Waals surface area contributed by atoms with Gasteiger partial charge in [0, 0.05) is 34.3 Å². The van der Waals surface area contributed by atoms with Crippen LogP contribution in [0.1, 0.15) is 10.4 Å². The molecule has 0 saturated heterocycles. The van der Waals surface area contributed by atoms with Crippen LogP contribution in [0.15, 0.2) is 66.2 Å². The van der Waals surface area contributed by atoms with Gasteiger partial charge in [-0.25, -0.2) is 9.97 Å². The molecule has 0 fully saturated rings. The van der Waals surface area contributed by atoms with E-state index in [9.17, 15) is 13.2 Å². The van der Waals surface area contributed by atoms with E-state index in [0.717, 1.165) is 17.1 Å².